The lowest BCUT2D eigenvalue weighted by molar-refractivity contribution is -0.144. The summed E-state index contributed by atoms with van der Waals surface area (Å²) < 4.78 is 10.2. The summed E-state index contributed by atoms with van der Waals surface area (Å²) in [5.74, 6) is -2.29. The first-order valence-corrected chi connectivity index (χ1v) is 9.25. The number of carbonyl (C=O) groups excluding carboxylic acids is 2. The van der Waals surface area contributed by atoms with Gasteiger partial charge in [-0.1, -0.05) is 53.7 Å². The third-order valence-corrected chi connectivity index (χ3v) is 4.67. The van der Waals surface area contributed by atoms with Crippen LogP contribution in [-0.2, 0) is 14.4 Å². The molecule has 0 spiro atoms. The zero-order valence-corrected chi connectivity index (χ0v) is 16.0. The summed E-state index contributed by atoms with van der Waals surface area (Å²) >= 11 is 0. The minimum absolute atomic E-state index is 0.0967. The maximum Gasteiger partial charge on any atom is 0.414 e. The van der Waals surface area contributed by atoms with E-state index in [4.69, 9.17) is 14.4 Å². The Labute approximate surface area is 175 Å². The number of carbonyl (C=O) groups is 3. The summed E-state index contributed by atoms with van der Waals surface area (Å²) in [4.78, 5) is 38.8. The number of hydrogen-bond donors (Lipinski definition) is 3. The fourth-order valence-electron chi connectivity index (χ4n) is 3.39. The average molecular weight is 423 g/mol. The Morgan fingerprint density at radius 1 is 1.03 bits per heavy atom. The highest BCUT2D eigenvalue weighted by Crippen LogP contribution is 2.44. The van der Waals surface area contributed by atoms with Gasteiger partial charge in [0.1, 0.15) is 6.61 Å². The minimum atomic E-state index is -1.25. The number of hydrogen-bond acceptors (Lipinski definition) is 7. The van der Waals surface area contributed by atoms with Crippen molar-refractivity contribution in [2.75, 3.05) is 18.5 Å². The van der Waals surface area contributed by atoms with E-state index in [1.807, 2.05) is 54.0 Å². The van der Waals surface area contributed by atoms with E-state index < -0.39 is 24.6 Å². The van der Waals surface area contributed by atoms with E-state index in [0.717, 1.165) is 28.3 Å². The van der Waals surface area contributed by atoms with Gasteiger partial charge in [-0.25, -0.2) is 15.1 Å². The normalized spacial score (nSPS) is 12.0. The molecule has 3 aromatic rings. The molecule has 4 rings (SSSR count). The van der Waals surface area contributed by atoms with Crippen LogP contribution in [0.1, 0.15) is 27.5 Å². The lowest BCUT2D eigenvalue weighted by atomic mass is 9.98. The summed E-state index contributed by atoms with van der Waals surface area (Å²) in [5, 5.41) is 14.3. The molecule has 0 bridgehead atoms. The summed E-state index contributed by atoms with van der Waals surface area (Å²) in [5.41, 5.74) is 6.07. The smallest absolute Gasteiger partial charge is 0.414 e. The molecule has 2 amide bonds. The number of benzene rings is 2. The van der Waals surface area contributed by atoms with Gasteiger partial charge in [0.25, 0.3) is 5.91 Å². The minimum Gasteiger partial charge on any atom is -0.479 e. The van der Waals surface area contributed by atoms with Gasteiger partial charge >= 0.3 is 12.1 Å². The molecule has 0 unspecified atom stereocenters. The van der Waals surface area contributed by atoms with Crippen molar-refractivity contribution in [2.24, 2.45) is 0 Å². The third kappa shape index (κ3) is 4.38. The van der Waals surface area contributed by atoms with Crippen molar-refractivity contribution >= 4 is 23.9 Å². The first kappa shape index (κ1) is 20.1. The van der Waals surface area contributed by atoms with E-state index in [0.29, 0.717) is 0 Å². The van der Waals surface area contributed by atoms with Crippen molar-refractivity contribution in [1.29, 1.82) is 0 Å². The second-order valence-corrected chi connectivity index (χ2v) is 6.64. The number of carboxylic acids is 1. The number of anilines is 1. The van der Waals surface area contributed by atoms with E-state index in [1.54, 1.807) is 0 Å². The molecule has 2 aromatic carbocycles. The zero-order valence-electron chi connectivity index (χ0n) is 16.0. The van der Waals surface area contributed by atoms with Gasteiger partial charge < -0.3 is 14.4 Å². The summed E-state index contributed by atoms with van der Waals surface area (Å²) in [6, 6.07) is 17.1. The molecule has 31 heavy (non-hydrogen) atoms. The second-order valence-electron chi connectivity index (χ2n) is 6.64. The number of rotatable bonds is 7. The molecule has 0 saturated carbocycles. The SMILES string of the molecule is O=C(O)CONC(=O)c1cc(NC(=O)OCC2c3ccccc3-c3ccccc32)on1. The first-order chi connectivity index (χ1) is 15.0. The molecule has 1 aliphatic carbocycles. The van der Waals surface area contributed by atoms with Crippen molar-refractivity contribution < 1.29 is 33.6 Å². The molecule has 0 saturated heterocycles. The predicted molar refractivity (Wildman–Crippen MR) is 106 cm³/mol. The topological polar surface area (TPSA) is 140 Å². The molecular formula is C21H17N3O7. The van der Waals surface area contributed by atoms with Crippen molar-refractivity contribution in [3.63, 3.8) is 0 Å². The van der Waals surface area contributed by atoms with Crippen LogP contribution < -0.4 is 10.8 Å². The van der Waals surface area contributed by atoms with Crippen LogP contribution in [0.5, 0.6) is 0 Å². The molecule has 0 aliphatic heterocycles. The van der Waals surface area contributed by atoms with E-state index >= 15 is 0 Å². The zero-order chi connectivity index (χ0) is 21.8. The Morgan fingerprint density at radius 3 is 2.32 bits per heavy atom. The van der Waals surface area contributed by atoms with Crippen molar-refractivity contribution in [3.8, 4) is 11.1 Å². The number of amides is 2. The van der Waals surface area contributed by atoms with Gasteiger partial charge in [0.05, 0.1) is 0 Å². The van der Waals surface area contributed by atoms with Crippen molar-refractivity contribution in [1.82, 2.24) is 10.6 Å². The van der Waals surface area contributed by atoms with Gasteiger partial charge in [-0.2, -0.15) is 0 Å². The predicted octanol–water partition coefficient (Wildman–Crippen LogP) is 2.78. The first-order valence-electron chi connectivity index (χ1n) is 9.25. The fraction of sp³-hybridized carbons (Fsp3) is 0.143. The van der Waals surface area contributed by atoms with Crippen LogP contribution in [0.3, 0.4) is 0 Å². The summed E-state index contributed by atoms with van der Waals surface area (Å²) in [7, 11) is 0. The quantitative estimate of drug-likeness (QED) is 0.493. The molecule has 1 heterocycles. The summed E-state index contributed by atoms with van der Waals surface area (Å²) in [6.07, 6.45) is -0.771. The molecular weight excluding hydrogens is 406 g/mol. The number of nitrogens with one attached hydrogen (secondary N) is 2. The highest BCUT2D eigenvalue weighted by molar-refractivity contribution is 5.93. The third-order valence-electron chi connectivity index (χ3n) is 4.67. The van der Waals surface area contributed by atoms with E-state index in [9.17, 15) is 14.4 Å². The standard InChI is InChI=1S/C21H17N3O7/c25-19(26)11-30-24-20(27)17-9-18(31-23-17)22-21(28)29-10-16-14-7-3-1-5-12(14)13-6-2-4-8-15(13)16/h1-9,16H,10-11H2,(H,22,28)(H,24,27)(H,25,26). The van der Waals surface area contributed by atoms with Crippen LogP contribution in [0.4, 0.5) is 10.7 Å². The van der Waals surface area contributed by atoms with Crippen LogP contribution >= 0.6 is 0 Å². The Balaban J connectivity index is 1.35. The lowest BCUT2D eigenvalue weighted by Gasteiger charge is -2.13. The van der Waals surface area contributed by atoms with Gasteiger partial charge in [-0.15, -0.1) is 0 Å². The largest absolute Gasteiger partial charge is 0.479 e. The number of aromatic nitrogens is 1. The maximum absolute atomic E-state index is 12.2. The van der Waals surface area contributed by atoms with Crippen molar-refractivity contribution in [3.05, 3.63) is 71.4 Å². The van der Waals surface area contributed by atoms with Gasteiger partial charge in [0.15, 0.2) is 12.3 Å². The van der Waals surface area contributed by atoms with Crippen LogP contribution in [0.2, 0.25) is 0 Å². The van der Waals surface area contributed by atoms with Gasteiger partial charge in [0.2, 0.25) is 5.88 Å². The monoisotopic (exact) mass is 423 g/mol. The average Bonchev–Trinajstić information content (AvgIpc) is 3.35. The molecule has 1 aliphatic rings. The summed E-state index contributed by atoms with van der Waals surface area (Å²) in [6.45, 7) is -0.598. The second kappa shape index (κ2) is 8.67. The Kier molecular flexibility index (Phi) is 5.63. The van der Waals surface area contributed by atoms with Gasteiger partial charge in [0, 0.05) is 12.0 Å². The molecule has 10 heteroatoms. The molecule has 158 valence electrons. The highest BCUT2D eigenvalue weighted by atomic mass is 16.7. The molecule has 0 fully saturated rings. The number of fused-ring (bicyclic) bond motifs is 3. The Hall–Kier alpha value is -4.18. The Morgan fingerprint density at radius 2 is 1.68 bits per heavy atom. The number of hydroxylamine groups is 1. The van der Waals surface area contributed by atoms with Gasteiger partial charge in [-0.3, -0.25) is 14.9 Å². The Bertz CT molecular complexity index is 1100. The number of ether oxygens (including phenoxy) is 1. The molecule has 10 nitrogen and oxygen atoms in total. The maximum atomic E-state index is 12.2. The van der Waals surface area contributed by atoms with E-state index in [-0.39, 0.29) is 24.1 Å². The lowest BCUT2D eigenvalue weighted by Crippen LogP contribution is -2.26. The molecule has 0 atom stereocenters. The molecule has 1 aromatic heterocycles. The van der Waals surface area contributed by atoms with Crippen LogP contribution in [0, 0.1) is 0 Å². The van der Waals surface area contributed by atoms with E-state index in [2.05, 4.69) is 15.3 Å². The van der Waals surface area contributed by atoms with Crippen LogP contribution in [0.25, 0.3) is 11.1 Å². The van der Waals surface area contributed by atoms with Crippen molar-refractivity contribution in [2.45, 2.75) is 5.92 Å². The number of carboxylic acid groups (broad SMARTS) is 1. The number of nitrogens with zero attached hydrogens (tertiary/aromatic N) is 1. The molecule has 0 radical (unpaired) electrons. The number of aliphatic carboxylic acids is 1. The van der Waals surface area contributed by atoms with E-state index in [1.165, 1.54) is 0 Å². The van der Waals surface area contributed by atoms with Crippen LogP contribution in [0.15, 0.2) is 59.1 Å². The fourth-order valence-corrected chi connectivity index (χ4v) is 3.39. The molecule has 3 N–H and O–H groups in total. The van der Waals surface area contributed by atoms with Gasteiger partial charge in [-0.05, 0) is 22.3 Å². The van der Waals surface area contributed by atoms with Crippen LogP contribution in [-0.4, -0.2) is 41.4 Å². The highest BCUT2D eigenvalue weighted by Gasteiger charge is 2.29.